The Hall–Kier alpha value is -4.30. The van der Waals surface area contributed by atoms with Crippen LogP contribution < -0.4 is 21.3 Å². The Labute approximate surface area is 201 Å². The summed E-state index contributed by atoms with van der Waals surface area (Å²) in [4.78, 5) is 58.8. The van der Waals surface area contributed by atoms with Gasteiger partial charge in [0.05, 0.1) is 12.2 Å². The second kappa shape index (κ2) is 10.8. The highest BCUT2D eigenvalue weighted by molar-refractivity contribution is 6.05. The first-order valence-corrected chi connectivity index (χ1v) is 10.7. The minimum Gasteiger partial charge on any atom is -0.344 e. The van der Waals surface area contributed by atoms with Crippen LogP contribution in [0.5, 0.6) is 0 Å². The normalized spacial score (nSPS) is 10.9. The van der Waals surface area contributed by atoms with Crippen molar-refractivity contribution < 1.29 is 24.5 Å². The molecule has 3 aromatic heterocycles. The van der Waals surface area contributed by atoms with Gasteiger partial charge in [-0.3, -0.25) is 19.7 Å². The van der Waals surface area contributed by atoms with Crippen LogP contribution in [0.15, 0.2) is 24.7 Å². The molecule has 0 saturated carbocycles. The number of nitrogens with zero attached hydrogens (tertiary/aromatic N) is 6. The number of nitrogens with two attached hydrogens (primary N) is 1. The predicted molar refractivity (Wildman–Crippen MR) is 127 cm³/mol. The molecule has 186 valence electrons. The van der Waals surface area contributed by atoms with Gasteiger partial charge in [0.15, 0.2) is 11.6 Å². The quantitative estimate of drug-likeness (QED) is 0.263. The summed E-state index contributed by atoms with van der Waals surface area (Å²) in [6.07, 6.45) is 5.14. The molecule has 3 aromatic rings. The zero-order chi connectivity index (χ0) is 25.7. The molecule has 35 heavy (non-hydrogen) atoms. The average Bonchev–Trinajstić information content (AvgIpc) is 3.44. The molecule has 0 atom stereocenters. The van der Waals surface area contributed by atoms with Gasteiger partial charge in [0.2, 0.25) is 18.1 Å². The van der Waals surface area contributed by atoms with E-state index in [0.717, 1.165) is 6.54 Å². The van der Waals surface area contributed by atoms with E-state index in [1.807, 2.05) is 19.0 Å². The molecule has 5 N–H and O–H groups in total. The van der Waals surface area contributed by atoms with Gasteiger partial charge < -0.3 is 34.6 Å². The summed E-state index contributed by atoms with van der Waals surface area (Å²) in [5, 5.41) is 9.30. The molecule has 0 unspecified atom stereocenters. The Bertz CT molecular complexity index is 1250. The Morgan fingerprint density at radius 2 is 1.54 bits per heavy atom. The lowest BCUT2D eigenvalue weighted by atomic mass is 10.4. The second-order valence-corrected chi connectivity index (χ2v) is 8.18. The van der Waals surface area contributed by atoms with Gasteiger partial charge in [-0.25, -0.2) is 14.8 Å². The molecule has 0 aliphatic heterocycles. The van der Waals surface area contributed by atoms with E-state index < -0.39 is 11.8 Å². The fourth-order valence-electron chi connectivity index (χ4n) is 3.33. The highest BCUT2D eigenvalue weighted by atomic mass is 16.2. The van der Waals surface area contributed by atoms with Gasteiger partial charge >= 0.3 is 5.91 Å². The molecule has 14 heteroatoms. The Morgan fingerprint density at radius 1 is 0.943 bits per heavy atom. The summed E-state index contributed by atoms with van der Waals surface area (Å²) in [6, 6.07) is 1.51. The molecule has 0 aromatic carbocycles. The van der Waals surface area contributed by atoms with Crippen molar-refractivity contribution in [2.24, 2.45) is 21.1 Å². The summed E-state index contributed by atoms with van der Waals surface area (Å²) in [7, 11) is 8.79. The van der Waals surface area contributed by atoms with Gasteiger partial charge in [-0.05, 0) is 20.2 Å². The number of anilines is 3. The van der Waals surface area contributed by atoms with Crippen molar-refractivity contribution in [2.45, 2.75) is 0 Å². The van der Waals surface area contributed by atoms with E-state index >= 15 is 0 Å². The number of imidazole rings is 2. The maximum absolute atomic E-state index is 12.8. The van der Waals surface area contributed by atoms with Gasteiger partial charge in [0.1, 0.15) is 5.69 Å². The van der Waals surface area contributed by atoms with Crippen molar-refractivity contribution in [1.29, 1.82) is 0 Å². The highest BCUT2D eigenvalue weighted by Gasteiger charge is 2.21. The summed E-state index contributed by atoms with van der Waals surface area (Å²) < 4.78 is 4.55. The van der Waals surface area contributed by atoms with Crippen molar-refractivity contribution in [3.8, 4) is 0 Å². The molecule has 0 fully saturated rings. The Morgan fingerprint density at radius 3 is 2.17 bits per heavy atom. The number of rotatable bonds is 10. The molecule has 3 heterocycles. The number of aryl methyl sites for hydroxylation is 3. The maximum Gasteiger partial charge on any atom is 0.378 e. The van der Waals surface area contributed by atoms with Crippen LogP contribution >= 0.6 is 0 Å². The predicted octanol–water partition coefficient (Wildman–Crippen LogP) is -1.17. The van der Waals surface area contributed by atoms with Crippen molar-refractivity contribution in [3.05, 3.63) is 42.0 Å². The van der Waals surface area contributed by atoms with E-state index in [2.05, 4.69) is 25.9 Å². The number of hydrogen-bond donors (Lipinski definition) is 4. The van der Waals surface area contributed by atoms with Gasteiger partial charge in [-0.2, -0.15) is 0 Å². The van der Waals surface area contributed by atoms with Crippen molar-refractivity contribution in [3.63, 3.8) is 0 Å². The van der Waals surface area contributed by atoms with Crippen LogP contribution in [0, 0.1) is 0 Å². The minimum absolute atomic E-state index is 0.0339. The highest BCUT2D eigenvalue weighted by Crippen LogP contribution is 2.15. The number of amides is 4. The zero-order valence-corrected chi connectivity index (χ0v) is 20.2. The minimum atomic E-state index is -0.557. The number of nitrogens with one attached hydrogen (secondary N) is 3. The second-order valence-electron chi connectivity index (χ2n) is 8.18. The summed E-state index contributed by atoms with van der Waals surface area (Å²) in [6.45, 7) is 1.32. The number of likely N-dealkylation sites (N-methyl/N-ethyl adjacent to an activating group) is 1. The largest absolute Gasteiger partial charge is 0.378 e. The molecule has 0 aliphatic carbocycles. The molecule has 0 spiro atoms. The monoisotopic (exact) mass is 485 g/mol. The van der Waals surface area contributed by atoms with E-state index in [0.29, 0.717) is 24.3 Å². The van der Waals surface area contributed by atoms with Gasteiger partial charge in [0, 0.05) is 46.3 Å². The standard InChI is InChI=1S/C21H28N10O4/c1-28(2)7-6-22-20(34)17-24-16(11-30(17)4)27-21(35)18-25-15(10-31(18)5)26-19(33)14-8-13(23-12-32)9-29(14)3/h8-12H,6-7H2,1-5H3,(H,22,34)(H,23,32)(H,26,33)(H,27,35)/p+1. The van der Waals surface area contributed by atoms with E-state index in [9.17, 15) is 19.2 Å². The number of quaternary nitrogens is 1. The summed E-state index contributed by atoms with van der Waals surface area (Å²) in [5.41, 5.74) is 0.760. The number of primary amides is 1. The van der Waals surface area contributed by atoms with Gasteiger partial charge in [0.25, 0.3) is 11.8 Å². The van der Waals surface area contributed by atoms with E-state index in [-0.39, 0.29) is 29.2 Å². The summed E-state index contributed by atoms with van der Waals surface area (Å²) >= 11 is 0. The SMILES string of the molecule is CN(C)CC[NH2+]C(=O)c1nc(NC(=O)c2nc(NC(=O)c3cc(NC=O)cn3C)cn2C)cn1C. The van der Waals surface area contributed by atoms with Crippen molar-refractivity contribution in [2.75, 3.05) is 43.1 Å². The van der Waals surface area contributed by atoms with E-state index in [1.165, 1.54) is 23.0 Å². The van der Waals surface area contributed by atoms with Crippen LogP contribution in [0.1, 0.15) is 31.7 Å². The van der Waals surface area contributed by atoms with Crippen molar-refractivity contribution >= 4 is 41.5 Å². The molecule has 3 rings (SSSR count). The van der Waals surface area contributed by atoms with Crippen LogP contribution in [-0.4, -0.2) is 79.9 Å². The van der Waals surface area contributed by atoms with Gasteiger partial charge in [-0.1, -0.05) is 0 Å². The smallest absolute Gasteiger partial charge is 0.344 e. The fourth-order valence-corrected chi connectivity index (χ4v) is 3.33. The van der Waals surface area contributed by atoms with E-state index in [1.54, 1.807) is 41.8 Å². The first-order chi connectivity index (χ1) is 16.6. The van der Waals surface area contributed by atoms with Gasteiger partial charge in [-0.15, -0.1) is 0 Å². The number of hydrogen-bond acceptors (Lipinski definition) is 7. The van der Waals surface area contributed by atoms with Crippen LogP contribution in [0.2, 0.25) is 0 Å². The summed E-state index contributed by atoms with van der Waals surface area (Å²) in [5.74, 6) is -0.642. The molecule has 14 nitrogen and oxygen atoms in total. The fraction of sp³-hybridized carbons (Fsp3) is 0.333. The molecule has 4 amide bonds. The first-order valence-electron chi connectivity index (χ1n) is 10.7. The zero-order valence-electron chi connectivity index (χ0n) is 20.2. The molecular weight excluding hydrogens is 456 g/mol. The molecule has 0 radical (unpaired) electrons. The van der Waals surface area contributed by atoms with E-state index in [4.69, 9.17) is 0 Å². The third kappa shape index (κ3) is 6.18. The molecular formula is C21H29N10O4+. The Kier molecular flexibility index (Phi) is 7.78. The maximum atomic E-state index is 12.8. The van der Waals surface area contributed by atoms with Crippen LogP contribution in [0.4, 0.5) is 17.3 Å². The number of aromatic nitrogens is 5. The first kappa shape index (κ1) is 25.3. The van der Waals surface area contributed by atoms with Crippen molar-refractivity contribution in [1.82, 2.24) is 28.6 Å². The Balaban J connectivity index is 1.66. The molecule has 0 aliphatic rings. The lowest BCUT2D eigenvalue weighted by Gasteiger charge is -2.06. The average molecular weight is 486 g/mol. The number of carbonyl (C=O) groups excluding carboxylic acids is 4. The van der Waals surface area contributed by atoms with Crippen LogP contribution in [0.25, 0.3) is 0 Å². The third-order valence-electron chi connectivity index (χ3n) is 5.03. The molecule has 0 bridgehead atoms. The van der Waals surface area contributed by atoms with Crippen LogP contribution in [0.3, 0.4) is 0 Å². The lowest BCUT2D eigenvalue weighted by molar-refractivity contribution is -0.555. The third-order valence-corrected chi connectivity index (χ3v) is 5.03. The molecule has 0 saturated heterocycles. The topological polar surface area (TPSA) is 165 Å². The lowest BCUT2D eigenvalue weighted by Crippen LogP contribution is -2.89. The van der Waals surface area contributed by atoms with Crippen LogP contribution in [-0.2, 0) is 25.9 Å². The number of carbonyl (C=O) groups is 4.